The Balaban J connectivity index is 2.02. The molecule has 4 rings (SSSR count). The first kappa shape index (κ1) is 22.0. The predicted octanol–water partition coefficient (Wildman–Crippen LogP) is 3.79. The van der Waals surface area contributed by atoms with Gasteiger partial charge >= 0.3 is 5.97 Å². The molecule has 1 amide bonds. The van der Waals surface area contributed by atoms with Gasteiger partial charge in [-0.25, -0.2) is 4.79 Å². The van der Waals surface area contributed by atoms with Gasteiger partial charge in [0.2, 0.25) is 11.2 Å². The number of para-hydroxylation sites is 1. The summed E-state index contributed by atoms with van der Waals surface area (Å²) in [4.78, 5) is 28.4. The second-order valence-corrected chi connectivity index (χ2v) is 7.93. The van der Waals surface area contributed by atoms with E-state index in [-0.39, 0.29) is 22.8 Å². The zero-order valence-electron chi connectivity index (χ0n) is 17.6. The van der Waals surface area contributed by atoms with Gasteiger partial charge in [0.25, 0.3) is 5.91 Å². The number of fused-ring (bicyclic) bond motifs is 1. The first-order valence-electron chi connectivity index (χ1n) is 9.99. The van der Waals surface area contributed by atoms with E-state index in [1.807, 2.05) is 30.3 Å². The van der Waals surface area contributed by atoms with Crippen molar-refractivity contribution in [1.82, 2.24) is 0 Å². The highest BCUT2D eigenvalue weighted by Gasteiger charge is 2.69. The first-order valence-corrected chi connectivity index (χ1v) is 10.4. The number of esters is 1. The molecule has 0 spiro atoms. The zero-order valence-corrected chi connectivity index (χ0v) is 18.4. The zero-order chi connectivity index (χ0) is 22.9. The molecular formula is C25H22ClNO5. The van der Waals surface area contributed by atoms with Crippen molar-refractivity contribution < 1.29 is 24.2 Å². The van der Waals surface area contributed by atoms with E-state index in [4.69, 9.17) is 21.1 Å². The highest BCUT2D eigenvalue weighted by atomic mass is 35.5. The molecule has 3 aromatic rings. The standard InChI is InChI=1S/C25H22ClNO5/c1-27-21-15-9-7-13-19(21)24(30,22(27)28)25(23(29)31-2,18-12-6-8-14-20(18)26)32-16-17-10-4-3-5-11-17/h3-15,30H,16H2,1-2H3/t24-,25-/m1/s1. The molecule has 0 saturated carbocycles. The van der Waals surface area contributed by atoms with Crippen LogP contribution in [0.3, 0.4) is 0 Å². The maximum Gasteiger partial charge on any atom is 0.347 e. The van der Waals surface area contributed by atoms with E-state index in [0.717, 1.165) is 5.56 Å². The number of anilines is 1. The summed E-state index contributed by atoms with van der Waals surface area (Å²) >= 11 is 6.52. The normalized spacial score (nSPS) is 19.4. The Bertz CT molecular complexity index is 1170. The lowest BCUT2D eigenvalue weighted by Gasteiger charge is -2.42. The predicted molar refractivity (Wildman–Crippen MR) is 120 cm³/mol. The molecule has 32 heavy (non-hydrogen) atoms. The average molecular weight is 452 g/mol. The van der Waals surface area contributed by atoms with Crippen LogP contribution in [0.2, 0.25) is 5.02 Å². The fourth-order valence-corrected chi connectivity index (χ4v) is 4.50. The Kier molecular flexibility index (Phi) is 5.77. The third-order valence-corrected chi connectivity index (χ3v) is 6.13. The highest BCUT2D eigenvalue weighted by molar-refractivity contribution is 6.32. The van der Waals surface area contributed by atoms with E-state index >= 15 is 0 Å². The van der Waals surface area contributed by atoms with Crippen molar-refractivity contribution in [3.63, 3.8) is 0 Å². The summed E-state index contributed by atoms with van der Waals surface area (Å²) in [7, 11) is 2.71. The lowest BCUT2D eigenvalue weighted by atomic mass is 9.73. The summed E-state index contributed by atoms with van der Waals surface area (Å²) < 4.78 is 11.4. The van der Waals surface area contributed by atoms with Gasteiger partial charge in [-0.2, -0.15) is 0 Å². The summed E-state index contributed by atoms with van der Waals surface area (Å²) in [6, 6.07) is 22.3. The number of methoxy groups -OCH3 is 1. The van der Waals surface area contributed by atoms with Crippen LogP contribution in [0.25, 0.3) is 0 Å². The molecule has 1 aliphatic heterocycles. The number of nitrogens with zero attached hydrogens (tertiary/aromatic N) is 1. The molecule has 1 aliphatic rings. The van der Waals surface area contributed by atoms with E-state index in [9.17, 15) is 14.7 Å². The van der Waals surface area contributed by atoms with E-state index in [0.29, 0.717) is 5.69 Å². The highest BCUT2D eigenvalue weighted by Crippen LogP contribution is 2.53. The lowest BCUT2D eigenvalue weighted by molar-refractivity contribution is -0.220. The molecule has 3 aromatic carbocycles. The molecule has 0 saturated heterocycles. The second-order valence-electron chi connectivity index (χ2n) is 7.52. The van der Waals surface area contributed by atoms with Gasteiger partial charge in [-0.3, -0.25) is 4.79 Å². The van der Waals surface area contributed by atoms with Gasteiger partial charge in [0.1, 0.15) is 0 Å². The van der Waals surface area contributed by atoms with Crippen LogP contribution in [0.4, 0.5) is 5.69 Å². The van der Waals surface area contributed by atoms with Gasteiger partial charge in [-0.15, -0.1) is 0 Å². The van der Waals surface area contributed by atoms with Crippen LogP contribution in [0, 0.1) is 0 Å². The quantitative estimate of drug-likeness (QED) is 0.577. The molecular weight excluding hydrogens is 430 g/mol. The molecule has 0 fully saturated rings. The van der Waals surface area contributed by atoms with Crippen LogP contribution in [0.15, 0.2) is 78.9 Å². The fourth-order valence-electron chi connectivity index (χ4n) is 4.23. The number of benzene rings is 3. The molecule has 0 unspecified atom stereocenters. The summed E-state index contributed by atoms with van der Waals surface area (Å²) in [5.74, 6) is -1.67. The number of carbonyl (C=O) groups excluding carboxylic acids is 2. The van der Waals surface area contributed by atoms with Crippen molar-refractivity contribution in [2.45, 2.75) is 17.8 Å². The van der Waals surface area contributed by atoms with Gasteiger partial charge in [-0.05, 0) is 17.7 Å². The Morgan fingerprint density at radius 1 is 1.03 bits per heavy atom. The Morgan fingerprint density at radius 2 is 1.66 bits per heavy atom. The van der Waals surface area contributed by atoms with E-state index in [2.05, 4.69) is 0 Å². The minimum Gasteiger partial charge on any atom is -0.467 e. The van der Waals surface area contributed by atoms with Crippen molar-refractivity contribution in [3.8, 4) is 0 Å². The summed E-state index contributed by atoms with van der Waals surface area (Å²) in [6.07, 6.45) is 0. The number of amides is 1. The molecule has 0 bridgehead atoms. The van der Waals surface area contributed by atoms with Crippen LogP contribution in [-0.2, 0) is 36.9 Å². The number of halogens is 1. The van der Waals surface area contributed by atoms with Crippen molar-refractivity contribution in [2.24, 2.45) is 0 Å². The van der Waals surface area contributed by atoms with Gasteiger partial charge in [0.05, 0.1) is 19.4 Å². The topological polar surface area (TPSA) is 76.1 Å². The molecule has 2 atom stereocenters. The maximum absolute atomic E-state index is 13.6. The third kappa shape index (κ3) is 3.11. The summed E-state index contributed by atoms with van der Waals surface area (Å²) in [5.41, 5.74) is -3.14. The molecule has 0 aliphatic carbocycles. The number of ether oxygens (including phenoxy) is 2. The van der Waals surface area contributed by atoms with E-state index in [1.54, 1.807) is 48.5 Å². The van der Waals surface area contributed by atoms with Crippen LogP contribution < -0.4 is 4.90 Å². The van der Waals surface area contributed by atoms with Crippen molar-refractivity contribution in [3.05, 3.63) is 101 Å². The molecule has 7 heteroatoms. The molecule has 1 N–H and O–H groups in total. The number of rotatable bonds is 6. The Labute approximate surface area is 191 Å². The summed E-state index contributed by atoms with van der Waals surface area (Å²) in [6.45, 7) is -0.0807. The SMILES string of the molecule is COC(=O)[C@](OCc1ccccc1)(c1ccccc1Cl)[C@]1(O)C(=O)N(C)c2ccccc21. The van der Waals surface area contributed by atoms with Crippen LogP contribution in [0.5, 0.6) is 0 Å². The fraction of sp³-hybridized carbons (Fsp3) is 0.200. The third-order valence-electron chi connectivity index (χ3n) is 5.80. The van der Waals surface area contributed by atoms with Crippen molar-refractivity contribution >= 4 is 29.2 Å². The van der Waals surface area contributed by atoms with Gasteiger partial charge in [-0.1, -0.05) is 78.3 Å². The van der Waals surface area contributed by atoms with Gasteiger partial charge in [0.15, 0.2) is 0 Å². The van der Waals surface area contributed by atoms with Crippen molar-refractivity contribution in [2.75, 3.05) is 19.1 Å². The van der Waals surface area contributed by atoms with Gasteiger partial charge in [0, 0.05) is 23.2 Å². The molecule has 1 heterocycles. The van der Waals surface area contributed by atoms with Crippen molar-refractivity contribution in [1.29, 1.82) is 0 Å². The second kappa shape index (κ2) is 8.39. The molecule has 0 aromatic heterocycles. The minimum atomic E-state index is -2.43. The number of hydrogen-bond acceptors (Lipinski definition) is 5. The van der Waals surface area contributed by atoms with Crippen LogP contribution >= 0.6 is 11.6 Å². The number of aliphatic hydroxyl groups is 1. The number of hydrogen-bond donors (Lipinski definition) is 1. The largest absolute Gasteiger partial charge is 0.467 e. The molecule has 6 nitrogen and oxygen atoms in total. The van der Waals surface area contributed by atoms with Crippen LogP contribution in [0.1, 0.15) is 16.7 Å². The van der Waals surface area contributed by atoms with E-state index < -0.39 is 23.1 Å². The van der Waals surface area contributed by atoms with E-state index in [1.165, 1.54) is 19.1 Å². The first-order chi connectivity index (χ1) is 15.4. The smallest absolute Gasteiger partial charge is 0.347 e. The lowest BCUT2D eigenvalue weighted by Crippen LogP contribution is -2.61. The molecule has 164 valence electrons. The maximum atomic E-state index is 13.6. The monoisotopic (exact) mass is 451 g/mol. The summed E-state index contributed by atoms with van der Waals surface area (Å²) in [5, 5.41) is 12.3. The molecule has 0 radical (unpaired) electrons. The van der Waals surface area contributed by atoms with Crippen LogP contribution in [-0.4, -0.2) is 31.1 Å². The Morgan fingerprint density at radius 3 is 2.34 bits per heavy atom. The Hall–Kier alpha value is -3.19. The minimum absolute atomic E-state index is 0.0807. The number of carbonyl (C=O) groups is 2. The van der Waals surface area contributed by atoms with Gasteiger partial charge < -0.3 is 19.5 Å². The average Bonchev–Trinajstić information content (AvgIpc) is 3.03. The number of likely N-dealkylation sites (N-methyl/N-ethyl adjacent to an activating group) is 1.